The third kappa shape index (κ3) is 5.80. The Morgan fingerprint density at radius 1 is 0.968 bits per heavy atom. The molecule has 3 aromatic carbocycles. The minimum Gasteiger partial charge on any atom is -0.322 e. The normalized spacial score (nSPS) is 11.5. The van der Waals surface area contributed by atoms with Crippen LogP contribution in [0, 0.1) is 11.6 Å². The van der Waals surface area contributed by atoms with Gasteiger partial charge < -0.3 is 5.32 Å². The van der Waals surface area contributed by atoms with Crippen molar-refractivity contribution < 1.29 is 22.0 Å². The SMILES string of the molecule is O=C(CN(Cc1ccccc1Cl)S(=O)(=O)c1ccc(Cl)cc1)Nc1cc(F)ccc1F. The molecule has 0 bridgehead atoms. The third-order valence-corrected chi connectivity index (χ3v) is 6.71. The number of amides is 1. The maximum Gasteiger partial charge on any atom is 0.243 e. The molecule has 0 unspecified atom stereocenters. The van der Waals surface area contributed by atoms with E-state index in [4.69, 9.17) is 23.2 Å². The molecule has 1 amide bonds. The summed E-state index contributed by atoms with van der Waals surface area (Å²) in [6.07, 6.45) is 0. The fraction of sp³-hybridized carbons (Fsp3) is 0.0952. The molecule has 31 heavy (non-hydrogen) atoms. The van der Waals surface area contributed by atoms with Gasteiger partial charge in [0.1, 0.15) is 11.6 Å². The number of sulfonamides is 1. The summed E-state index contributed by atoms with van der Waals surface area (Å²) in [6, 6.07) is 14.6. The molecule has 3 rings (SSSR count). The second-order valence-electron chi connectivity index (χ2n) is 6.49. The zero-order valence-electron chi connectivity index (χ0n) is 15.9. The monoisotopic (exact) mass is 484 g/mol. The van der Waals surface area contributed by atoms with Gasteiger partial charge in [0.15, 0.2) is 0 Å². The zero-order valence-corrected chi connectivity index (χ0v) is 18.2. The van der Waals surface area contributed by atoms with Gasteiger partial charge >= 0.3 is 0 Å². The van der Waals surface area contributed by atoms with E-state index in [0.717, 1.165) is 22.5 Å². The van der Waals surface area contributed by atoms with E-state index in [1.165, 1.54) is 24.3 Å². The Balaban J connectivity index is 1.91. The summed E-state index contributed by atoms with van der Waals surface area (Å²) >= 11 is 12.0. The van der Waals surface area contributed by atoms with Crippen LogP contribution in [0.3, 0.4) is 0 Å². The minimum absolute atomic E-state index is 0.0892. The first-order valence-corrected chi connectivity index (χ1v) is 11.1. The lowest BCUT2D eigenvalue weighted by molar-refractivity contribution is -0.116. The van der Waals surface area contributed by atoms with Gasteiger partial charge in [-0.2, -0.15) is 4.31 Å². The van der Waals surface area contributed by atoms with Gasteiger partial charge in [0.25, 0.3) is 0 Å². The van der Waals surface area contributed by atoms with Gasteiger partial charge in [-0.15, -0.1) is 0 Å². The molecule has 0 saturated carbocycles. The highest BCUT2D eigenvalue weighted by atomic mass is 35.5. The third-order valence-electron chi connectivity index (χ3n) is 4.28. The van der Waals surface area contributed by atoms with Crippen molar-refractivity contribution in [2.45, 2.75) is 11.4 Å². The quantitative estimate of drug-likeness (QED) is 0.507. The summed E-state index contributed by atoms with van der Waals surface area (Å²) in [5.74, 6) is -2.46. The van der Waals surface area contributed by atoms with Crippen LogP contribution in [-0.4, -0.2) is 25.2 Å². The molecule has 0 aromatic heterocycles. The van der Waals surface area contributed by atoms with Crippen LogP contribution in [0.25, 0.3) is 0 Å². The van der Waals surface area contributed by atoms with Crippen LogP contribution in [0.2, 0.25) is 10.0 Å². The van der Waals surface area contributed by atoms with Gasteiger partial charge in [-0.25, -0.2) is 17.2 Å². The molecule has 0 heterocycles. The van der Waals surface area contributed by atoms with E-state index in [-0.39, 0.29) is 11.4 Å². The molecule has 0 aliphatic carbocycles. The Bertz CT molecular complexity index is 1210. The molecular formula is C21H16Cl2F2N2O3S. The van der Waals surface area contributed by atoms with E-state index >= 15 is 0 Å². The number of benzene rings is 3. The number of carbonyl (C=O) groups excluding carboxylic acids is 1. The predicted molar refractivity (Wildman–Crippen MR) is 115 cm³/mol. The summed E-state index contributed by atoms with van der Waals surface area (Å²) < 4.78 is 54.5. The molecule has 0 spiro atoms. The molecule has 162 valence electrons. The van der Waals surface area contributed by atoms with Crippen LogP contribution in [0.4, 0.5) is 14.5 Å². The Labute approximate surface area is 188 Å². The number of nitrogens with one attached hydrogen (secondary N) is 1. The van der Waals surface area contributed by atoms with E-state index in [2.05, 4.69) is 5.32 Å². The lowest BCUT2D eigenvalue weighted by Crippen LogP contribution is -2.37. The van der Waals surface area contributed by atoms with Crippen molar-refractivity contribution in [3.63, 3.8) is 0 Å². The van der Waals surface area contributed by atoms with Crippen LogP contribution in [0.5, 0.6) is 0 Å². The fourth-order valence-electron chi connectivity index (χ4n) is 2.74. The molecule has 0 aliphatic rings. The van der Waals surface area contributed by atoms with Crippen molar-refractivity contribution in [3.8, 4) is 0 Å². The first-order valence-electron chi connectivity index (χ1n) is 8.91. The first kappa shape index (κ1) is 23.1. The topological polar surface area (TPSA) is 66.5 Å². The van der Waals surface area contributed by atoms with Crippen LogP contribution < -0.4 is 5.32 Å². The van der Waals surface area contributed by atoms with Gasteiger partial charge in [0, 0.05) is 22.7 Å². The lowest BCUT2D eigenvalue weighted by Gasteiger charge is -2.22. The maximum absolute atomic E-state index is 13.9. The van der Waals surface area contributed by atoms with Gasteiger partial charge in [-0.3, -0.25) is 4.79 Å². The summed E-state index contributed by atoms with van der Waals surface area (Å²) in [5.41, 5.74) is 0.0676. The molecular weight excluding hydrogens is 469 g/mol. The van der Waals surface area contributed by atoms with Crippen LogP contribution in [0.15, 0.2) is 71.6 Å². The number of hydrogen-bond acceptors (Lipinski definition) is 3. The number of nitrogens with zero attached hydrogens (tertiary/aromatic N) is 1. The molecule has 3 aromatic rings. The number of rotatable bonds is 7. The smallest absolute Gasteiger partial charge is 0.243 e. The summed E-state index contributed by atoms with van der Waals surface area (Å²) in [5, 5.41) is 2.86. The molecule has 1 N–H and O–H groups in total. The average Bonchev–Trinajstić information content (AvgIpc) is 2.72. The van der Waals surface area contributed by atoms with E-state index in [0.29, 0.717) is 15.6 Å². The molecule has 0 radical (unpaired) electrons. The Hall–Kier alpha value is -2.52. The molecule has 0 atom stereocenters. The molecule has 0 saturated heterocycles. The van der Waals surface area contributed by atoms with Crippen molar-refractivity contribution >= 4 is 44.8 Å². The number of carbonyl (C=O) groups is 1. The molecule has 10 heteroatoms. The Kier molecular flexibility index (Phi) is 7.27. The fourth-order valence-corrected chi connectivity index (χ4v) is 4.44. The zero-order chi connectivity index (χ0) is 22.6. The molecule has 0 fully saturated rings. The molecule has 0 aliphatic heterocycles. The van der Waals surface area contributed by atoms with Crippen molar-refractivity contribution in [2.75, 3.05) is 11.9 Å². The van der Waals surface area contributed by atoms with Gasteiger partial charge in [-0.1, -0.05) is 41.4 Å². The van der Waals surface area contributed by atoms with E-state index in [9.17, 15) is 22.0 Å². The highest BCUT2D eigenvalue weighted by Gasteiger charge is 2.28. The minimum atomic E-state index is -4.15. The number of hydrogen-bond donors (Lipinski definition) is 1. The van der Waals surface area contributed by atoms with Gasteiger partial charge in [-0.05, 0) is 48.0 Å². The second-order valence-corrected chi connectivity index (χ2v) is 9.27. The van der Waals surface area contributed by atoms with Gasteiger partial charge in [0.2, 0.25) is 15.9 Å². The van der Waals surface area contributed by atoms with Crippen molar-refractivity contribution in [1.29, 1.82) is 0 Å². The molecule has 5 nitrogen and oxygen atoms in total. The number of halogens is 4. The first-order chi connectivity index (χ1) is 14.7. The summed E-state index contributed by atoms with van der Waals surface area (Å²) in [6.45, 7) is -0.879. The average molecular weight is 485 g/mol. The van der Waals surface area contributed by atoms with Crippen LogP contribution >= 0.6 is 23.2 Å². The van der Waals surface area contributed by atoms with Crippen LogP contribution in [-0.2, 0) is 21.4 Å². The van der Waals surface area contributed by atoms with E-state index in [1.54, 1.807) is 24.3 Å². The predicted octanol–water partition coefficient (Wildman–Crippen LogP) is 5.10. The summed E-state index contributed by atoms with van der Waals surface area (Å²) in [4.78, 5) is 12.4. The van der Waals surface area contributed by atoms with E-state index < -0.39 is 39.8 Å². The largest absolute Gasteiger partial charge is 0.322 e. The lowest BCUT2D eigenvalue weighted by atomic mass is 10.2. The standard InChI is InChI=1S/C21H16Cl2F2N2O3S/c22-15-5-8-17(9-6-15)31(29,30)27(12-14-3-1-2-4-18(14)23)13-21(28)26-20-11-16(24)7-10-19(20)25/h1-11H,12-13H2,(H,26,28). The van der Waals surface area contributed by atoms with Crippen LogP contribution in [0.1, 0.15) is 5.56 Å². The van der Waals surface area contributed by atoms with Crippen molar-refractivity contribution in [2.24, 2.45) is 0 Å². The van der Waals surface area contributed by atoms with Crippen molar-refractivity contribution in [3.05, 3.63) is 94.0 Å². The van der Waals surface area contributed by atoms with Crippen molar-refractivity contribution in [1.82, 2.24) is 4.31 Å². The number of anilines is 1. The Morgan fingerprint density at radius 2 is 1.65 bits per heavy atom. The summed E-state index contributed by atoms with van der Waals surface area (Å²) in [7, 11) is -4.15. The maximum atomic E-state index is 13.9. The highest BCUT2D eigenvalue weighted by Crippen LogP contribution is 2.24. The highest BCUT2D eigenvalue weighted by molar-refractivity contribution is 7.89. The van der Waals surface area contributed by atoms with E-state index in [1.807, 2.05) is 0 Å². The van der Waals surface area contributed by atoms with Gasteiger partial charge in [0.05, 0.1) is 17.1 Å². The Morgan fingerprint density at radius 3 is 2.32 bits per heavy atom. The second kappa shape index (κ2) is 9.74.